The lowest BCUT2D eigenvalue weighted by molar-refractivity contribution is -0.0384. The lowest BCUT2D eigenvalue weighted by atomic mass is 9.23. The van der Waals surface area contributed by atoms with Crippen LogP contribution in [0.3, 0.4) is 0 Å². The molecule has 3 nitrogen and oxygen atoms in total. The maximum absolute atomic E-state index is 6.29. The molecule has 4 aliphatic rings. The molecule has 2 bridgehead atoms. The van der Waals surface area contributed by atoms with E-state index in [1.807, 2.05) is 6.07 Å². The van der Waals surface area contributed by atoms with Gasteiger partial charge in [-0.15, -0.1) is 0 Å². The van der Waals surface area contributed by atoms with Crippen molar-refractivity contribution < 1.29 is 14.0 Å². The molecule has 0 unspecified atom stereocenters. The summed E-state index contributed by atoms with van der Waals surface area (Å²) in [5.41, 5.74) is 1.10. The first-order chi connectivity index (χ1) is 10.6. The van der Waals surface area contributed by atoms with Crippen molar-refractivity contribution in [3.05, 3.63) is 28.8 Å². The Bertz CT molecular complexity index is 634. The molecule has 1 aliphatic heterocycles. The van der Waals surface area contributed by atoms with Gasteiger partial charge in [0.15, 0.2) is 0 Å². The van der Waals surface area contributed by atoms with Gasteiger partial charge in [0.05, 0.1) is 23.3 Å². The summed E-state index contributed by atoms with van der Waals surface area (Å²) < 4.78 is 17.9. The Morgan fingerprint density at radius 2 is 1.61 bits per heavy atom. The van der Waals surface area contributed by atoms with E-state index in [0.29, 0.717) is 5.02 Å². The number of ether oxygens (including phenoxy) is 1. The zero-order chi connectivity index (χ0) is 16.7. The van der Waals surface area contributed by atoms with Gasteiger partial charge in [-0.3, -0.25) is 0 Å². The summed E-state index contributed by atoms with van der Waals surface area (Å²) in [4.78, 5) is 0. The van der Waals surface area contributed by atoms with E-state index in [0.717, 1.165) is 25.0 Å². The quantitative estimate of drug-likeness (QED) is 0.755. The van der Waals surface area contributed by atoms with Gasteiger partial charge in [-0.05, 0) is 70.1 Å². The zero-order valence-electron chi connectivity index (χ0n) is 14.5. The van der Waals surface area contributed by atoms with Crippen LogP contribution in [0.4, 0.5) is 0 Å². The molecule has 1 saturated heterocycles. The topological polar surface area (TPSA) is 27.7 Å². The maximum Gasteiger partial charge on any atom is 0.464 e. The van der Waals surface area contributed by atoms with E-state index in [1.165, 1.54) is 5.56 Å². The third-order valence-corrected chi connectivity index (χ3v) is 6.90. The summed E-state index contributed by atoms with van der Waals surface area (Å²) in [6.45, 7) is 8.49. The van der Waals surface area contributed by atoms with E-state index in [2.05, 4.69) is 39.8 Å². The Hall–Kier alpha value is -0.705. The Labute approximate surface area is 143 Å². The average Bonchev–Trinajstić information content (AvgIpc) is 2.57. The van der Waals surface area contributed by atoms with Crippen molar-refractivity contribution >= 4 is 18.7 Å². The molecule has 1 aromatic carbocycles. The predicted molar refractivity (Wildman–Crippen MR) is 92.3 cm³/mol. The molecule has 0 spiro atoms. The fourth-order valence-electron chi connectivity index (χ4n) is 4.51. The first-order valence-corrected chi connectivity index (χ1v) is 8.71. The lowest BCUT2D eigenvalue weighted by Crippen LogP contribution is -2.66. The highest BCUT2D eigenvalue weighted by Crippen LogP contribution is 2.81. The molecule has 0 aromatic heterocycles. The highest BCUT2D eigenvalue weighted by Gasteiger charge is 2.76. The van der Waals surface area contributed by atoms with Crippen LogP contribution in [0.25, 0.3) is 0 Å². The van der Waals surface area contributed by atoms with Crippen LogP contribution in [0.15, 0.2) is 18.2 Å². The molecule has 0 radical (unpaired) electrons. The third kappa shape index (κ3) is 1.98. The van der Waals surface area contributed by atoms with Crippen LogP contribution in [0, 0.1) is 0 Å². The molecule has 3 aliphatic carbocycles. The second-order valence-electron chi connectivity index (χ2n) is 8.61. The Morgan fingerprint density at radius 3 is 2.13 bits per heavy atom. The van der Waals surface area contributed by atoms with Gasteiger partial charge in [0, 0.05) is 5.31 Å². The molecular formula is C18H24BClO3. The SMILES string of the molecule is COc1cc(C23CC(B4OC(C)(C)C(C)(C)O4)(C2)C3)ccc1Cl. The van der Waals surface area contributed by atoms with E-state index in [1.54, 1.807) is 7.11 Å². The van der Waals surface area contributed by atoms with Crippen molar-refractivity contribution in [2.75, 3.05) is 7.11 Å². The van der Waals surface area contributed by atoms with Crippen LogP contribution in [-0.2, 0) is 14.7 Å². The minimum atomic E-state index is -0.246. The molecule has 1 heterocycles. The zero-order valence-corrected chi connectivity index (χ0v) is 15.3. The van der Waals surface area contributed by atoms with Gasteiger partial charge in [-0.1, -0.05) is 17.7 Å². The summed E-state index contributed by atoms with van der Waals surface area (Å²) in [5, 5.41) is 0.862. The predicted octanol–water partition coefficient (Wildman–Crippen LogP) is 4.62. The Kier molecular flexibility index (Phi) is 3.07. The van der Waals surface area contributed by atoms with Gasteiger partial charge >= 0.3 is 7.12 Å². The van der Waals surface area contributed by atoms with E-state index in [9.17, 15) is 0 Å². The van der Waals surface area contributed by atoms with Gasteiger partial charge in [0.25, 0.3) is 0 Å². The second-order valence-corrected chi connectivity index (χ2v) is 9.02. The van der Waals surface area contributed by atoms with Crippen molar-refractivity contribution in [3.63, 3.8) is 0 Å². The van der Waals surface area contributed by atoms with E-state index in [4.69, 9.17) is 25.6 Å². The first-order valence-electron chi connectivity index (χ1n) is 8.33. The highest BCUT2D eigenvalue weighted by molar-refractivity contribution is 6.51. The molecular weight excluding hydrogens is 310 g/mol. The molecule has 1 aromatic rings. The first kappa shape index (κ1) is 15.8. The van der Waals surface area contributed by atoms with Crippen molar-refractivity contribution in [1.29, 1.82) is 0 Å². The van der Waals surface area contributed by atoms with Crippen LogP contribution in [0.5, 0.6) is 5.75 Å². The number of rotatable bonds is 3. The van der Waals surface area contributed by atoms with Crippen molar-refractivity contribution in [1.82, 2.24) is 0 Å². The van der Waals surface area contributed by atoms with Gasteiger partial charge in [0.1, 0.15) is 5.75 Å². The summed E-state index contributed by atoms with van der Waals surface area (Å²) in [6.07, 6.45) is 3.38. The summed E-state index contributed by atoms with van der Waals surface area (Å²) >= 11 is 6.15. The average molecular weight is 335 g/mol. The highest BCUT2D eigenvalue weighted by atomic mass is 35.5. The fourth-order valence-corrected chi connectivity index (χ4v) is 4.70. The minimum Gasteiger partial charge on any atom is -0.495 e. The van der Waals surface area contributed by atoms with E-state index < -0.39 is 0 Å². The number of hydrogen-bond donors (Lipinski definition) is 0. The number of hydrogen-bond acceptors (Lipinski definition) is 3. The van der Waals surface area contributed by atoms with Crippen LogP contribution in [0.2, 0.25) is 10.3 Å². The molecule has 5 heteroatoms. The lowest BCUT2D eigenvalue weighted by Gasteiger charge is -2.71. The molecule has 124 valence electrons. The molecule has 0 N–H and O–H groups in total. The molecule has 0 atom stereocenters. The largest absolute Gasteiger partial charge is 0.495 e. The monoisotopic (exact) mass is 334 g/mol. The Morgan fingerprint density at radius 1 is 1.04 bits per heavy atom. The standard InChI is InChI=1S/C18H24BClO3/c1-15(2)16(3,4)23-19(22-15)18-9-17(10-18,11-18)12-6-7-13(20)14(8-12)21-5/h6-8H,9-11H2,1-5H3. The maximum atomic E-state index is 6.29. The molecule has 0 amide bonds. The molecule has 4 fully saturated rings. The van der Waals surface area contributed by atoms with Crippen molar-refractivity contribution in [2.24, 2.45) is 0 Å². The minimum absolute atomic E-state index is 0.0800. The molecule has 3 saturated carbocycles. The van der Waals surface area contributed by atoms with Crippen LogP contribution in [-0.4, -0.2) is 25.4 Å². The number of halogens is 1. The van der Waals surface area contributed by atoms with Gasteiger partial charge in [0.2, 0.25) is 0 Å². The van der Waals surface area contributed by atoms with Crippen LogP contribution >= 0.6 is 11.6 Å². The fraction of sp³-hybridized carbons (Fsp3) is 0.667. The normalized spacial score (nSPS) is 36.3. The summed E-state index contributed by atoms with van der Waals surface area (Å²) in [5.74, 6) is 0.763. The third-order valence-electron chi connectivity index (χ3n) is 6.59. The second kappa shape index (κ2) is 4.47. The summed E-state index contributed by atoms with van der Waals surface area (Å²) in [7, 11) is 1.59. The number of methoxy groups -OCH3 is 1. The van der Waals surface area contributed by atoms with E-state index in [-0.39, 0.29) is 29.0 Å². The van der Waals surface area contributed by atoms with Gasteiger partial charge < -0.3 is 14.0 Å². The van der Waals surface area contributed by atoms with Gasteiger partial charge in [-0.25, -0.2) is 0 Å². The Balaban J connectivity index is 1.51. The van der Waals surface area contributed by atoms with Gasteiger partial charge in [-0.2, -0.15) is 0 Å². The molecule has 23 heavy (non-hydrogen) atoms. The smallest absolute Gasteiger partial charge is 0.464 e. The summed E-state index contributed by atoms with van der Waals surface area (Å²) in [6, 6.07) is 6.17. The molecule has 5 rings (SSSR count). The van der Waals surface area contributed by atoms with Crippen molar-refractivity contribution in [2.45, 2.75) is 68.9 Å². The van der Waals surface area contributed by atoms with Crippen LogP contribution < -0.4 is 4.74 Å². The van der Waals surface area contributed by atoms with Crippen LogP contribution in [0.1, 0.15) is 52.5 Å². The van der Waals surface area contributed by atoms with Crippen molar-refractivity contribution in [3.8, 4) is 5.75 Å². The number of benzene rings is 1. The van der Waals surface area contributed by atoms with E-state index >= 15 is 0 Å².